The number of fused-ring (bicyclic) bond motifs is 8. The summed E-state index contributed by atoms with van der Waals surface area (Å²) in [5.41, 5.74) is 2.03. The van der Waals surface area contributed by atoms with Gasteiger partial charge >= 0.3 is 6.03 Å². The van der Waals surface area contributed by atoms with Crippen molar-refractivity contribution >= 4 is 23.2 Å². The normalized spacial score (nSPS) is 25.8. The number of ether oxygens (including phenoxy) is 1. The Balaban J connectivity index is 1.80. The molecule has 7 nitrogen and oxygen atoms in total. The van der Waals surface area contributed by atoms with Gasteiger partial charge in [0, 0.05) is 42.2 Å². The van der Waals surface area contributed by atoms with E-state index in [2.05, 4.69) is 31.3 Å². The fourth-order valence-electron chi connectivity index (χ4n) is 7.19. The Bertz CT molecular complexity index is 1340. The number of urea groups is 1. The molecule has 5 rings (SSSR count). The van der Waals surface area contributed by atoms with Crippen LogP contribution in [0.5, 0.6) is 0 Å². The van der Waals surface area contributed by atoms with E-state index in [0.717, 1.165) is 28.8 Å². The number of thiophene rings is 1. The zero-order valence-corrected chi connectivity index (χ0v) is 28.3. The molecule has 1 aromatic carbocycles. The molecule has 0 spiro atoms. The number of aryl methyl sites for hydroxylation is 1. The lowest BCUT2D eigenvalue weighted by Gasteiger charge is -2.46. The molecule has 0 unspecified atom stereocenters. The highest BCUT2D eigenvalue weighted by molar-refractivity contribution is 7.14. The maximum atomic E-state index is 14.1. The molecule has 242 valence electrons. The number of carbonyl (C=O) groups is 2. The highest BCUT2D eigenvalue weighted by Gasteiger charge is 2.57. The summed E-state index contributed by atoms with van der Waals surface area (Å²) in [7, 11) is 1.65. The minimum absolute atomic E-state index is 0.00688. The number of nitrogens with zero attached hydrogens (tertiary/aromatic N) is 1. The number of amides is 2. The molecule has 2 aromatic rings. The Morgan fingerprint density at radius 2 is 1.93 bits per heavy atom. The Labute approximate surface area is 267 Å². The van der Waals surface area contributed by atoms with E-state index >= 15 is 0 Å². The van der Waals surface area contributed by atoms with Gasteiger partial charge in [-0.05, 0) is 114 Å². The lowest BCUT2D eigenvalue weighted by atomic mass is 9.64. The first-order valence-corrected chi connectivity index (χ1v) is 17.0. The molecule has 3 N–H and O–H groups in total. The molecule has 0 saturated heterocycles. The summed E-state index contributed by atoms with van der Waals surface area (Å²) in [5, 5.41) is 26.5. The minimum atomic E-state index is -1.16. The fraction of sp³-hybridized carbons (Fsp3) is 0.611. The van der Waals surface area contributed by atoms with Crippen molar-refractivity contribution in [3.8, 4) is 0 Å². The second-order valence-corrected chi connectivity index (χ2v) is 14.8. The number of benzene rings is 1. The number of aliphatic hydroxyl groups excluding tert-OH is 1. The van der Waals surface area contributed by atoms with Gasteiger partial charge in [-0.1, -0.05) is 30.7 Å². The van der Waals surface area contributed by atoms with Crippen LogP contribution in [-0.2, 0) is 11.2 Å². The number of carbonyl (C=O) groups excluding carboxylic acids is 2. The van der Waals surface area contributed by atoms with Crippen molar-refractivity contribution in [3.05, 3.63) is 68.4 Å². The zero-order chi connectivity index (χ0) is 32.1. The van der Waals surface area contributed by atoms with E-state index in [1.807, 2.05) is 45.0 Å². The number of hydrogen-bond donors (Lipinski definition) is 3. The Morgan fingerprint density at radius 1 is 1.16 bits per heavy atom. The number of allylic oxidation sites excluding steroid dienone is 2. The van der Waals surface area contributed by atoms with Crippen LogP contribution in [0.2, 0.25) is 0 Å². The van der Waals surface area contributed by atoms with Crippen molar-refractivity contribution in [1.29, 1.82) is 0 Å². The third-order valence-electron chi connectivity index (χ3n) is 9.81. The summed E-state index contributed by atoms with van der Waals surface area (Å²) in [6.07, 6.45) is 7.08. The van der Waals surface area contributed by atoms with E-state index in [9.17, 15) is 19.8 Å². The molecule has 0 aliphatic heterocycles. The molecule has 1 saturated carbocycles. The quantitative estimate of drug-likeness (QED) is 0.162. The van der Waals surface area contributed by atoms with Crippen LogP contribution in [0.3, 0.4) is 0 Å². The molecule has 1 aromatic heterocycles. The molecule has 1 heterocycles. The fourth-order valence-corrected chi connectivity index (χ4v) is 8.01. The van der Waals surface area contributed by atoms with Crippen LogP contribution in [0, 0.1) is 12.3 Å². The summed E-state index contributed by atoms with van der Waals surface area (Å²) in [6, 6.07) is 9.77. The lowest BCUT2D eigenvalue weighted by molar-refractivity contribution is -0.0775. The molecule has 1 fully saturated rings. The van der Waals surface area contributed by atoms with Crippen molar-refractivity contribution in [2.24, 2.45) is 5.41 Å². The maximum absolute atomic E-state index is 14.1. The predicted molar refractivity (Wildman–Crippen MR) is 178 cm³/mol. The number of aliphatic hydroxyl groups is 2. The molecule has 2 bridgehead atoms. The molecule has 3 aliphatic carbocycles. The first-order chi connectivity index (χ1) is 20.9. The van der Waals surface area contributed by atoms with Crippen molar-refractivity contribution < 1.29 is 24.5 Å². The molecule has 44 heavy (non-hydrogen) atoms. The highest BCUT2D eigenvalue weighted by atomic mass is 32.1. The average Bonchev–Trinajstić information content (AvgIpc) is 3.51. The molecule has 3 aliphatic rings. The third kappa shape index (κ3) is 7.82. The molecule has 8 heteroatoms. The van der Waals surface area contributed by atoms with Gasteiger partial charge in [0.1, 0.15) is 0 Å². The lowest BCUT2D eigenvalue weighted by Crippen LogP contribution is -2.56. The number of hydrogen-bond acceptors (Lipinski definition) is 6. The first kappa shape index (κ1) is 34.4. The first-order valence-electron chi connectivity index (χ1n) is 16.2. The Hall–Kier alpha value is -2.52. The number of methoxy groups -OCH3 is 1. The standard InChI is InChI=1S/C36H52N2O5S/c1-24(2)37-34(41)38(19-8-20-43-6)23-36(42)18-16-31-29-14-12-27(22-30(29)33(40)32-15-11-26(4)44-32)21-28(39)13-10-25(3)9-7-17-35(31,36)5/h9,11-12,14-15,22,24,28,31,39,42H,7-8,10,13,16-21,23H2,1-6H3,(H,37,41)/t28-,31-,35-,36+/m0/s1. The van der Waals surface area contributed by atoms with Crippen molar-refractivity contribution in [2.45, 2.75) is 110 Å². The van der Waals surface area contributed by atoms with Crippen LogP contribution in [0.4, 0.5) is 4.79 Å². The SMILES string of the molecule is COCCCN(C[C@]1(O)CC[C@H]2c3ccc(cc3C(=O)c3ccc(C)s3)C[C@@H](O)CCC(C)=CCC[C@@]21C)C(=O)NC(C)C. The third-order valence-corrected chi connectivity index (χ3v) is 10.8. The van der Waals surface area contributed by atoms with E-state index < -0.39 is 17.1 Å². The van der Waals surface area contributed by atoms with Crippen LogP contribution in [-0.4, -0.2) is 71.5 Å². The average molecular weight is 625 g/mol. The number of nitrogens with one attached hydrogen (secondary N) is 1. The second kappa shape index (κ2) is 14.7. The van der Waals surface area contributed by atoms with Crippen molar-refractivity contribution in [3.63, 3.8) is 0 Å². The number of ketones is 1. The summed E-state index contributed by atoms with van der Waals surface area (Å²) in [5.74, 6) is -0.0929. The monoisotopic (exact) mass is 624 g/mol. The van der Waals surface area contributed by atoms with E-state index in [0.29, 0.717) is 62.1 Å². The van der Waals surface area contributed by atoms with Gasteiger partial charge in [0.05, 0.1) is 23.1 Å². The maximum Gasteiger partial charge on any atom is 0.317 e. The smallest absolute Gasteiger partial charge is 0.317 e. The Morgan fingerprint density at radius 3 is 2.61 bits per heavy atom. The molecule has 4 atom stereocenters. The summed E-state index contributed by atoms with van der Waals surface area (Å²) >= 11 is 1.50. The van der Waals surface area contributed by atoms with Crippen LogP contribution in [0.1, 0.15) is 110 Å². The van der Waals surface area contributed by atoms with E-state index in [4.69, 9.17) is 4.74 Å². The van der Waals surface area contributed by atoms with Crippen LogP contribution in [0.25, 0.3) is 0 Å². The van der Waals surface area contributed by atoms with Gasteiger partial charge in [-0.2, -0.15) is 0 Å². The van der Waals surface area contributed by atoms with E-state index in [1.54, 1.807) is 12.0 Å². The summed E-state index contributed by atoms with van der Waals surface area (Å²) in [6.45, 7) is 11.4. The largest absolute Gasteiger partial charge is 0.393 e. The van der Waals surface area contributed by atoms with Gasteiger partial charge in [-0.3, -0.25) is 4.79 Å². The van der Waals surface area contributed by atoms with Gasteiger partial charge < -0.3 is 25.2 Å². The van der Waals surface area contributed by atoms with Gasteiger partial charge in [0.2, 0.25) is 5.78 Å². The molecular formula is C36H52N2O5S. The summed E-state index contributed by atoms with van der Waals surface area (Å²) < 4.78 is 5.28. The van der Waals surface area contributed by atoms with Crippen LogP contribution >= 0.6 is 11.3 Å². The van der Waals surface area contributed by atoms with Gasteiger partial charge in [-0.25, -0.2) is 4.79 Å². The van der Waals surface area contributed by atoms with E-state index in [-0.39, 0.29) is 30.3 Å². The predicted octanol–water partition coefficient (Wildman–Crippen LogP) is 6.78. The van der Waals surface area contributed by atoms with E-state index in [1.165, 1.54) is 16.9 Å². The zero-order valence-electron chi connectivity index (χ0n) is 27.4. The minimum Gasteiger partial charge on any atom is -0.393 e. The number of rotatable bonds is 9. The topological polar surface area (TPSA) is 99.1 Å². The summed E-state index contributed by atoms with van der Waals surface area (Å²) in [4.78, 5) is 31.0. The van der Waals surface area contributed by atoms with Gasteiger partial charge in [-0.15, -0.1) is 11.3 Å². The molecular weight excluding hydrogens is 572 g/mol. The van der Waals surface area contributed by atoms with Crippen molar-refractivity contribution in [2.75, 3.05) is 26.8 Å². The Kier molecular flexibility index (Phi) is 11.5. The van der Waals surface area contributed by atoms with Crippen molar-refractivity contribution in [1.82, 2.24) is 10.2 Å². The molecule has 2 amide bonds. The molecule has 0 radical (unpaired) electrons. The van der Waals surface area contributed by atoms with Gasteiger partial charge in [0.25, 0.3) is 0 Å². The highest BCUT2D eigenvalue weighted by Crippen LogP contribution is 2.59. The van der Waals surface area contributed by atoms with Crippen LogP contribution < -0.4 is 5.32 Å². The second-order valence-electron chi connectivity index (χ2n) is 13.6. The van der Waals surface area contributed by atoms with Gasteiger partial charge in [0.15, 0.2) is 0 Å². The van der Waals surface area contributed by atoms with Crippen LogP contribution in [0.15, 0.2) is 42.0 Å².